The molecule has 2 heteroatoms. The molecule has 0 radical (unpaired) electrons. The van der Waals surface area contributed by atoms with E-state index in [1.807, 2.05) is 38.2 Å². The van der Waals surface area contributed by atoms with Crippen LogP contribution in [0.2, 0.25) is 0 Å². The van der Waals surface area contributed by atoms with Gasteiger partial charge in [0.2, 0.25) is 0 Å². The molecule has 0 amide bonds. The lowest BCUT2D eigenvalue weighted by Gasteiger charge is -2.02. The Hall–Kier alpha value is -1.79. The van der Waals surface area contributed by atoms with Gasteiger partial charge in [0.05, 0.1) is 17.9 Å². The Morgan fingerprint density at radius 1 is 0.938 bits per heavy atom. The number of allylic oxidation sites excluding steroid dienone is 8. The second-order valence-electron chi connectivity index (χ2n) is 3.97. The standard InChI is InChI=1S/C14H15N2/c1-11(13-7-3-4-8-13)15-16-12(2)14-9-5-6-10-14/h3-9,13-14H,1-2H3/q+1/b15-11-,16-12-. The summed E-state index contributed by atoms with van der Waals surface area (Å²) in [5.41, 5.74) is 2.01. The highest BCUT2D eigenvalue weighted by Gasteiger charge is 2.17. The molecule has 80 valence electrons. The highest BCUT2D eigenvalue weighted by molar-refractivity contribution is 5.91. The van der Waals surface area contributed by atoms with Crippen molar-refractivity contribution in [2.45, 2.75) is 13.8 Å². The van der Waals surface area contributed by atoms with E-state index in [1.54, 1.807) is 0 Å². The van der Waals surface area contributed by atoms with Gasteiger partial charge in [0, 0.05) is 17.7 Å². The van der Waals surface area contributed by atoms with E-state index < -0.39 is 0 Å². The minimum atomic E-state index is 0.200. The van der Waals surface area contributed by atoms with Crippen LogP contribution in [0.5, 0.6) is 0 Å². The molecule has 1 unspecified atom stereocenters. The fourth-order valence-corrected chi connectivity index (χ4v) is 1.64. The van der Waals surface area contributed by atoms with E-state index in [0.29, 0.717) is 5.92 Å². The minimum absolute atomic E-state index is 0.200. The Labute approximate surface area is 96.5 Å². The van der Waals surface area contributed by atoms with Gasteiger partial charge in [0.1, 0.15) is 0 Å². The first-order valence-corrected chi connectivity index (χ1v) is 5.47. The summed E-state index contributed by atoms with van der Waals surface area (Å²) >= 11 is 0. The monoisotopic (exact) mass is 211 g/mol. The molecule has 0 heterocycles. The van der Waals surface area contributed by atoms with Crippen molar-refractivity contribution in [3.63, 3.8) is 0 Å². The average Bonchev–Trinajstić information content (AvgIpc) is 2.95. The van der Waals surface area contributed by atoms with Crippen molar-refractivity contribution in [1.29, 1.82) is 0 Å². The minimum Gasteiger partial charge on any atom is -0.159 e. The summed E-state index contributed by atoms with van der Waals surface area (Å²) in [6.45, 7) is 3.99. The third kappa shape index (κ3) is 2.41. The van der Waals surface area contributed by atoms with E-state index >= 15 is 0 Å². The Bertz CT molecular complexity index is 368. The van der Waals surface area contributed by atoms with Gasteiger partial charge in [0.15, 0.2) is 12.0 Å². The predicted molar refractivity (Wildman–Crippen MR) is 68.4 cm³/mol. The van der Waals surface area contributed by atoms with Crippen LogP contribution in [0.25, 0.3) is 0 Å². The van der Waals surface area contributed by atoms with Crippen LogP contribution in [0.4, 0.5) is 0 Å². The molecule has 0 aliphatic heterocycles. The van der Waals surface area contributed by atoms with E-state index in [1.165, 1.54) is 0 Å². The molecule has 0 saturated heterocycles. The molecule has 0 aromatic heterocycles. The molecule has 1 atom stereocenters. The molecule has 0 aromatic rings. The molecular weight excluding hydrogens is 196 g/mol. The predicted octanol–water partition coefficient (Wildman–Crippen LogP) is 3.11. The molecule has 0 N–H and O–H groups in total. The van der Waals surface area contributed by atoms with Crippen LogP contribution < -0.4 is 0 Å². The highest BCUT2D eigenvalue weighted by atomic mass is 15.2. The van der Waals surface area contributed by atoms with Crippen LogP contribution in [0.15, 0.2) is 52.7 Å². The van der Waals surface area contributed by atoms with E-state index in [9.17, 15) is 0 Å². The molecule has 2 rings (SSSR count). The summed E-state index contributed by atoms with van der Waals surface area (Å²) in [5.74, 6) is 0.515. The van der Waals surface area contributed by atoms with Crippen molar-refractivity contribution in [1.82, 2.24) is 0 Å². The van der Waals surface area contributed by atoms with Crippen molar-refractivity contribution >= 4 is 11.4 Å². The van der Waals surface area contributed by atoms with Gasteiger partial charge < -0.3 is 0 Å². The molecule has 0 saturated carbocycles. The van der Waals surface area contributed by atoms with Crippen LogP contribution in [-0.4, -0.2) is 11.4 Å². The summed E-state index contributed by atoms with van der Waals surface area (Å²) in [5, 5.41) is 8.52. The van der Waals surface area contributed by atoms with E-state index in [4.69, 9.17) is 0 Å². The maximum absolute atomic E-state index is 4.26. The second kappa shape index (κ2) is 4.82. The first-order valence-electron chi connectivity index (χ1n) is 5.47. The number of rotatable bonds is 3. The van der Waals surface area contributed by atoms with Crippen LogP contribution in [0.1, 0.15) is 13.8 Å². The quantitative estimate of drug-likeness (QED) is 0.389. The smallest absolute Gasteiger partial charge is 0.159 e. The number of nitrogens with zero attached hydrogens (tertiary/aromatic N) is 2. The van der Waals surface area contributed by atoms with E-state index in [2.05, 4.69) is 34.5 Å². The van der Waals surface area contributed by atoms with E-state index in [-0.39, 0.29) is 5.92 Å². The van der Waals surface area contributed by atoms with Gasteiger partial charge in [-0.2, -0.15) is 10.2 Å². The first-order chi connectivity index (χ1) is 7.77. The normalized spacial score (nSPS) is 24.5. The van der Waals surface area contributed by atoms with Crippen molar-refractivity contribution in [3.05, 3.63) is 48.6 Å². The molecule has 0 fully saturated rings. The molecule has 0 aromatic carbocycles. The van der Waals surface area contributed by atoms with Gasteiger partial charge in [-0.1, -0.05) is 24.3 Å². The van der Waals surface area contributed by atoms with Gasteiger partial charge in [0.25, 0.3) is 0 Å². The van der Waals surface area contributed by atoms with Crippen molar-refractivity contribution in [2.75, 3.05) is 0 Å². The molecule has 2 nitrogen and oxygen atoms in total. The Morgan fingerprint density at radius 2 is 1.62 bits per heavy atom. The fourth-order valence-electron chi connectivity index (χ4n) is 1.64. The zero-order valence-electron chi connectivity index (χ0n) is 9.59. The second-order valence-corrected chi connectivity index (χ2v) is 3.97. The van der Waals surface area contributed by atoms with Crippen LogP contribution in [0.3, 0.4) is 0 Å². The topological polar surface area (TPSA) is 24.7 Å². The Kier molecular flexibility index (Phi) is 3.23. The zero-order chi connectivity index (χ0) is 11.4. The highest BCUT2D eigenvalue weighted by Crippen LogP contribution is 2.13. The molecule has 2 aliphatic carbocycles. The molecule has 0 spiro atoms. The summed E-state index contributed by atoms with van der Waals surface area (Å²) < 4.78 is 0. The Morgan fingerprint density at radius 3 is 2.25 bits per heavy atom. The summed E-state index contributed by atoms with van der Waals surface area (Å²) in [6.07, 6.45) is 17.5. The third-order valence-electron chi connectivity index (χ3n) is 2.72. The zero-order valence-corrected chi connectivity index (χ0v) is 9.59. The lowest BCUT2D eigenvalue weighted by Crippen LogP contribution is -2.06. The molecular formula is C14H15N2+. The van der Waals surface area contributed by atoms with Gasteiger partial charge in [-0.3, -0.25) is 0 Å². The van der Waals surface area contributed by atoms with Crippen LogP contribution in [0, 0.1) is 17.9 Å². The van der Waals surface area contributed by atoms with Gasteiger partial charge in [-0.25, -0.2) is 0 Å². The van der Waals surface area contributed by atoms with Crippen LogP contribution >= 0.6 is 0 Å². The van der Waals surface area contributed by atoms with Crippen molar-refractivity contribution < 1.29 is 0 Å². The SMILES string of the molecule is C/C(=N/N=C(/C)C1C=CC=C1)C1[C+]=CC=C1. The third-order valence-corrected chi connectivity index (χ3v) is 2.72. The Balaban J connectivity index is 2.03. The van der Waals surface area contributed by atoms with Gasteiger partial charge in [-0.05, 0) is 13.8 Å². The summed E-state index contributed by atoms with van der Waals surface area (Å²) in [4.78, 5) is 0. The molecule has 16 heavy (non-hydrogen) atoms. The average molecular weight is 211 g/mol. The largest absolute Gasteiger partial charge is 0.173 e. The number of hydrogen-bond acceptors (Lipinski definition) is 2. The first kappa shape index (κ1) is 10.7. The molecule has 0 bridgehead atoms. The summed E-state index contributed by atoms with van der Waals surface area (Å²) in [6, 6.07) is 0. The van der Waals surface area contributed by atoms with Crippen LogP contribution in [-0.2, 0) is 0 Å². The molecule has 2 aliphatic rings. The van der Waals surface area contributed by atoms with Gasteiger partial charge in [-0.15, -0.1) is 0 Å². The fraction of sp³-hybridized carbons (Fsp3) is 0.286. The lowest BCUT2D eigenvalue weighted by atomic mass is 10.1. The maximum Gasteiger partial charge on any atom is 0.173 e. The van der Waals surface area contributed by atoms with Crippen molar-refractivity contribution in [2.24, 2.45) is 22.0 Å². The van der Waals surface area contributed by atoms with Gasteiger partial charge >= 0.3 is 0 Å². The lowest BCUT2D eigenvalue weighted by molar-refractivity contribution is 1.04. The maximum atomic E-state index is 4.26. The van der Waals surface area contributed by atoms with Crippen molar-refractivity contribution in [3.8, 4) is 0 Å². The summed E-state index contributed by atoms with van der Waals surface area (Å²) in [7, 11) is 0. The van der Waals surface area contributed by atoms with E-state index in [0.717, 1.165) is 11.4 Å². The number of hydrogen-bond donors (Lipinski definition) is 0.